The van der Waals surface area contributed by atoms with Crippen LogP contribution in [-0.4, -0.2) is 13.2 Å². The van der Waals surface area contributed by atoms with Gasteiger partial charge in [0.15, 0.2) is 0 Å². The Morgan fingerprint density at radius 2 is 1.67 bits per heavy atom. The van der Waals surface area contributed by atoms with Crippen LogP contribution < -0.4 is 0 Å². The maximum Gasteiger partial charge on any atom is 0.139 e. The van der Waals surface area contributed by atoms with E-state index in [0.717, 1.165) is 10.9 Å². The third-order valence-corrected chi connectivity index (χ3v) is 3.57. The first-order valence-electron chi connectivity index (χ1n) is 6.15. The van der Waals surface area contributed by atoms with E-state index < -0.39 is 14.2 Å². The van der Waals surface area contributed by atoms with E-state index in [1.54, 1.807) is 0 Å². The highest BCUT2D eigenvalue weighted by Crippen LogP contribution is 2.20. The highest BCUT2D eigenvalue weighted by Gasteiger charge is 2.10. The average Bonchev–Trinajstić information content (AvgIpc) is 2.34. The van der Waals surface area contributed by atoms with Crippen molar-refractivity contribution in [3.8, 4) is 11.5 Å². The molecule has 1 atom stereocenters. The Kier molecular flexibility index (Phi) is 3.56. The fraction of sp³-hybridized carbons (Fsp3) is 0.250. The van der Waals surface area contributed by atoms with E-state index in [2.05, 4.69) is 43.2 Å². The van der Waals surface area contributed by atoms with E-state index in [4.69, 9.17) is 0 Å². The van der Waals surface area contributed by atoms with Gasteiger partial charge in [0.05, 0.1) is 0 Å². The number of benzene rings is 2. The van der Waals surface area contributed by atoms with E-state index >= 15 is 0 Å². The lowest BCUT2D eigenvalue weighted by molar-refractivity contribution is 0.238. The minimum absolute atomic E-state index is 0.679. The van der Waals surface area contributed by atoms with E-state index in [9.17, 15) is 5.11 Å². The van der Waals surface area contributed by atoms with Crippen molar-refractivity contribution in [3.63, 3.8) is 0 Å². The zero-order valence-corrected chi connectivity index (χ0v) is 12.1. The highest BCUT2D eigenvalue weighted by molar-refractivity contribution is 6.83. The van der Waals surface area contributed by atoms with Gasteiger partial charge in [-0.25, -0.2) is 0 Å². The zero-order chi connectivity index (χ0) is 13.2. The molecule has 0 radical (unpaired) electrons. The molecule has 0 amide bonds. The van der Waals surface area contributed by atoms with Crippen molar-refractivity contribution < 1.29 is 5.11 Å². The van der Waals surface area contributed by atoms with Crippen LogP contribution in [0, 0.1) is 11.5 Å². The number of aliphatic hydroxyl groups is 1. The summed E-state index contributed by atoms with van der Waals surface area (Å²) in [5, 5.41) is 12.4. The normalized spacial score (nSPS) is 12.9. The van der Waals surface area contributed by atoms with Crippen LogP contribution in [0.3, 0.4) is 0 Å². The van der Waals surface area contributed by atoms with Crippen LogP contribution in [0.5, 0.6) is 0 Å². The summed E-state index contributed by atoms with van der Waals surface area (Å²) >= 11 is 0. The van der Waals surface area contributed by atoms with Gasteiger partial charge in [-0.05, 0) is 22.4 Å². The molecule has 0 aliphatic carbocycles. The van der Waals surface area contributed by atoms with Crippen molar-refractivity contribution in [1.29, 1.82) is 0 Å². The molecule has 2 heteroatoms. The molecule has 0 fully saturated rings. The Hall–Kier alpha value is -1.56. The lowest BCUT2D eigenvalue weighted by atomic mass is 10.0. The van der Waals surface area contributed by atoms with Crippen LogP contribution in [0.1, 0.15) is 11.7 Å². The first-order chi connectivity index (χ1) is 8.46. The predicted molar refractivity (Wildman–Crippen MR) is 80.0 cm³/mol. The van der Waals surface area contributed by atoms with Gasteiger partial charge >= 0.3 is 0 Å². The van der Waals surface area contributed by atoms with Gasteiger partial charge in [0.25, 0.3) is 0 Å². The fourth-order valence-electron chi connectivity index (χ4n) is 1.75. The maximum atomic E-state index is 10.1. The largest absolute Gasteiger partial charge is 0.376 e. The average molecular weight is 254 g/mol. The van der Waals surface area contributed by atoms with Crippen LogP contribution in [-0.2, 0) is 0 Å². The second-order valence-electron chi connectivity index (χ2n) is 5.53. The van der Waals surface area contributed by atoms with E-state index in [-0.39, 0.29) is 0 Å². The third-order valence-electron chi connectivity index (χ3n) is 2.67. The van der Waals surface area contributed by atoms with Gasteiger partial charge < -0.3 is 5.11 Å². The Balaban J connectivity index is 2.33. The molecule has 0 saturated heterocycles. The van der Waals surface area contributed by atoms with Crippen molar-refractivity contribution in [3.05, 3.63) is 48.0 Å². The van der Waals surface area contributed by atoms with Crippen molar-refractivity contribution in [2.24, 2.45) is 0 Å². The molecule has 0 saturated carbocycles. The third kappa shape index (κ3) is 3.22. The molecule has 0 unspecified atom stereocenters. The van der Waals surface area contributed by atoms with Crippen LogP contribution >= 0.6 is 0 Å². The van der Waals surface area contributed by atoms with Gasteiger partial charge in [0.2, 0.25) is 0 Å². The minimum Gasteiger partial charge on any atom is -0.376 e. The van der Waals surface area contributed by atoms with Crippen LogP contribution in [0.4, 0.5) is 0 Å². The van der Waals surface area contributed by atoms with Crippen molar-refractivity contribution in [2.45, 2.75) is 25.7 Å². The number of hydrogen-bond donors (Lipinski definition) is 1. The summed E-state index contributed by atoms with van der Waals surface area (Å²) in [5.74, 6) is 2.97. The first-order valence-corrected chi connectivity index (χ1v) is 9.65. The van der Waals surface area contributed by atoms with Gasteiger partial charge in [-0.1, -0.05) is 62.0 Å². The molecule has 2 aromatic rings. The predicted octanol–water partition coefficient (Wildman–Crippen LogP) is 3.75. The molecule has 0 aliphatic rings. The Morgan fingerprint density at radius 1 is 1.00 bits per heavy atom. The summed E-state index contributed by atoms with van der Waals surface area (Å²) < 4.78 is 0. The molecule has 0 aromatic heterocycles. The Labute approximate surface area is 109 Å². The molecule has 0 aliphatic heterocycles. The number of hydrogen-bond acceptors (Lipinski definition) is 1. The molecular formula is C16H18OSi. The molecular weight excluding hydrogens is 236 g/mol. The Bertz CT molecular complexity index is 614. The molecule has 0 spiro atoms. The lowest BCUT2D eigenvalue weighted by Crippen LogP contribution is -2.16. The smallest absolute Gasteiger partial charge is 0.139 e. The zero-order valence-electron chi connectivity index (χ0n) is 11.1. The summed E-state index contributed by atoms with van der Waals surface area (Å²) in [6, 6.07) is 14.1. The standard InChI is InChI=1S/C16H18OSi/c1-18(2,3)11-10-16(17)15-9-8-13-6-4-5-7-14(13)12-15/h4-9,12,16-17H,1-3H3/t16-/m1/s1. The summed E-state index contributed by atoms with van der Waals surface area (Å²) in [7, 11) is -1.43. The van der Waals surface area contributed by atoms with Crippen molar-refractivity contribution >= 4 is 18.8 Å². The second-order valence-corrected chi connectivity index (χ2v) is 10.3. The van der Waals surface area contributed by atoms with Gasteiger partial charge in [-0.3, -0.25) is 0 Å². The molecule has 0 heterocycles. The SMILES string of the molecule is C[Si](C)(C)C#C[C@@H](O)c1ccc2ccccc2c1. The van der Waals surface area contributed by atoms with Crippen molar-refractivity contribution in [2.75, 3.05) is 0 Å². The summed E-state index contributed by atoms with van der Waals surface area (Å²) in [5.41, 5.74) is 4.08. The number of fused-ring (bicyclic) bond motifs is 1. The van der Waals surface area contributed by atoms with Crippen LogP contribution in [0.25, 0.3) is 10.8 Å². The molecule has 1 N–H and O–H groups in total. The summed E-state index contributed by atoms with van der Waals surface area (Å²) in [4.78, 5) is 0. The van der Waals surface area contributed by atoms with E-state index in [1.807, 2.05) is 30.3 Å². The summed E-state index contributed by atoms with van der Waals surface area (Å²) in [6.07, 6.45) is -0.679. The molecule has 2 rings (SSSR count). The highest BCUT2D eigenvalue weighted by atomic mass is 28.3. The van der Waals surface area contributed by atoms with Crippen molar-refractivity contribution in [1.82, 2.24) is 0 Å². The maximum absolute atomic E-state index is 10.1. The van der Waals surface area contributed by atoms with E-state index in [1.165, 1.54) is 5.39 Å². The van der Waals surface area contributed by atoms with Gasteiger partial charge in [-0.15, -0.1) is 5.54 Å². The molecule has 0 bridgehead atoms. The first kappa shape index (κ1) is 12.9. The topological polar surface area (TPSA) is 20.2 Å². The number of rotatable bonds is 1. The molecule has 1 nitrogen and oxygen atoms in total. The second kappa shape index (κ2) is 4.97. The quantitative estimate of drug-likeness (QED) is 0.607. The fourth-order valence-corrected chi connectivity index (χ4v) is 2.32. The van der Waals surface area contributed by atoms with Gasteiger partial charge in [-0.2, -0.15) is 0 Å². The summed E-state index contributed by atoms with van der Waals surface area (Å²) in [6.45, 7) is 6.52. The van der Waals surface area contributed by atoms with E-state index in [0.29, 0.717) is 0 Å². The Morgan fingerprint density at radius 3 is 2.33 bits per heavy atom. The minimum atomic E-state index is -1.43. The van der Waals surface area contributed by atoms with Gasteiger partial charge in [0.1, 0.15) is 14.2 Å². The molecule has 2 aromatic carbocycles. The lowest BCUT2D eigenvalue weighted by Gasteiger charge is -2.08. The molecule has 18 heavy (non-hydrogen) atoms. The van der Waals surface area contributed by atoms with Crippen LogP contribution in [0.15, 0.2) is 42.5 Å². The molecule has 92 valence electrons. The van der Waals surface area contributed by atoms with Crippen LogP contribution in [0.2, 0.25) is 19.6 Å². The monoisotopic (exact) mass is 254 g/mol. The number of aliphatic hydroxyl groups excluding tert-OH is 1. The van der Waals surface area contributed by atoms with Gasteiger partial charge in [0, 0.05) is 0 Å².